The number of nitrogens with one attached hydrogen (secondary N) is 2. The van der Waals surface area contributed by atoms with E-state index in [0.29, 0.717) is 41.9 Å². The Kier molecular flexibility index (Phi) is 7.15. The van der Waals surface area contributed by atoms with Crippen LogP contribution in [-0.2, 0) is 20.6 Å². The van der Waals surface area contributed by atoms with E-state index >= 15 is 4.39 Å². The molecule has 3 aromatic rings. The summed E-state index contributed by atoms with van der Waals surface area (Å²) in [7, 11) is 0. The first kappa shape index (κ1) is 26.8. The number of carbonyl (C=O) groups is 2. The monoisotopic (exact) mass is 536 g/mol. The van der Waals surface area contributed by atoms with Gasteiger partial charge in [-0.15, -0.1) is 0 Å². The molecule has 2 aliphatic rings. The summed E-state index contributed by atoms with van der Waals surface area (Å²) < 4.78 is 32.2. The Labute approximate surface area is 226 Å². The van der Waals surface area contributed by atoms with Gasteiger partial charge < -0.3 is 14.2 Å². The molecule has 2 amide bonds. The van der Waals surface area contributed by atoms with Gasteiger partial charge in [-0.3, -0.25) is 15.6 Å². The molecular formula is C29H33FN4O5. The molecule has 0 saturated carbocycles. The summed E-state index contributed by atoms with van der Waals surface area (Å²) in [6, 6.07) is 3.30. The Hall–Kier alpha value is -3.79. The number of amides is 2. The molecule has 1 unspecified atom stereocenters. The Morgan fingerprint density at radius 1 is 1.08 bits per heavy atom. The number of hydrogen-bond acceptors (Lipinski definition) is 7. The van der Waals surface area contributed by atoms with Crippen molar-refractivity contribution in [3.05, 3.63) is 47.2 Å². The van der Waals surface area contributed by atoms with Gasteiger partial charge in [0.2, 0.25) is 0 Å². The Morgan fingerprint density at radius 2 is 1.87 bits per heavy atom. The van der Waals surface area contributed by atoms with Crippen LogP contribution in [0.4, 0.5) is 25.5 Å². The first-order valence-electron chi connectivity index (χ1n) is 13.2. The number of pyridine rings is 2. The zero-order valence-electron chi connectivity index (χ0n) is 22.8. The number of hydrogen-bond donors (Lipinski definition) is 2. The van der Waals surface area contributed by atoms with Crippen LogP contribution in [0, 0.1) is 12.7 Å². The highest BCUT2D eigenvalue weighted by molar-refractivity contribution is 6.04. The second-order valence-electron chi connectivity index (χ2n) is 11.1. The van der Waals surface area contributed by atoms with E-state index in [1.807, 2.05) is 6.92 Å². The fourth-order valence-electron chi connectivity index (χ4n) is 5.25. The topological polar surface area (TPSA) is 112 Å². The fraction of sp³-hybridized carbons (Fsp3) is 0.448. The van der Waals surface area contributed by atoms with Crippen LogP contribution in [0.5, 0.6) is 0 Å². The van der Waals surface area contributed by atoms with Crippen molar-refractivity contribution in [2.75, 3.05) is 23.8 Å². The summed E-state index contributed by atoms with van der Waals surface area (Å²) in [6.45, 7) is 10.2. The van der Waals surface area contributed by atoms with Gasteiger partial charge in [0, 0.05) is 41.0 Å². The lowest BCUT2D eigenvalue weighted by Gasteiger charge is -2.21. The second-order valence-corrected chi connectivity index (χ2v) is 11.1. The average Bonchev–Trinajstić information content (AvgIpc) is 3.50. The van der Waals surface area contributed by atoms with Crippen LogP contribution >= 0.6 is 0 Å². The molecule has 1 aliphatic heterocycles. The molecule has 2 aromatic heterocycles. The van der Waals surface area contributed by atoms with Gasteiger partial charge in [0.1, 0.15) is 17.5 Å². The standard InChI is InChI=1S/C29H33FN4O5/c1-15-6-7-22-24(15)16(2)20(12-31-22)19-10-17-11-23(33-27(35)38-18-8-9-37-14-18)32-13-21(17)26(25(19)30)34-28(36)39-29(3,4)5/h10-13,15,18H,6-9,14H2,1-5H3,(H,34,36)(H,32,33,35)/t15?,18-/m1/s1. The molecule has 0 bridgehead atoms. The van der Waals surface area contributed by atoms with Gasteiger partial charge in [-0.1, -0.05) is 6.92 Å². The van der Waals surface area contributed by atoms with E-state index in [9.17, 15) is 9.59 Å². The lowest BCUT2D eigenvalue weighted by Crippen LogP contribution is -2.27. The molecule has 0 radical (unpaired) electrons. The number of anilines is 2. The van der Waals surface area contributed by atoms with Crippen molar-refractivity contribution in [3.8, 4) is 11.1 Å². The Balaban J connectivity index is 1.57. The van der Waals surface area contributed by atoms with Crippen molar-refractivity contribution in [1.29, 1.82) is 0 Å². The van der Waals surface area contributed by atoms with Crippen LogP contribution in [0.3, 0.4) is 0 Å². The molecule has 10 heteroatoms. The van der Waals surface area contributed by atoms with Crippen molar-refractivity contribution in [3.63, 3.8) is 0 Å². The number of rotatable bonds is 4. The SMILES string of the molecule is Cc1c(-c2cc3cc(NC(=O)O[C@@H]4CCOC4)ncc3c(NC(=O)OC(C)(C)C)c2F)cnc2c1C(C)CC2. The van der Waals surface area contributed by atoms with E-state index in [1.54, 1.807) is 39.1 Å². The maximum absolute atomic E-state index is 16.2. The van der Waals surface area contributed by atoms with Crippen LogP contribution in [0.25, 0.3) is 21.9 Å². The van der Waals surface area contributed by atoms with E-state index in [0.717, 1.165) is 29.7 Å². The molecule has 39 heavy (non-hydrogen) atoms. The van der Waals surface area contributed by atoms with Gasteiger partial charge in [-0.2, -0.15) is 0 Å². The summed E-state index contributed by atoms with van der Waals surface area (Å²) in [5.74, 6) is -0.0664. The fourth-order valence-corrected chi connectivity index (χ4v) is 5.25. The van der Waals surface area contributed by atoms with E-state index in [4.69, 9.17) is 14.2 Å². The number of halogens is 1. The molecule has 2 N–H and O–H groups in total. The van der Waals surface area contributed by atoms with Crippen molar-refractivity contribution >= 4 is 34.5 Å². The van der Waals surface area contributed by atoms with Gasteiger partial charge in [0.25, 0.3) is 0 Å². The quantitative estimate of drug-likeness (QED) is 0.393. The zero-order chi connectivity index (χ0) is 27.9. The summed E-state index contributed by atoms with van der Waals surface area (Å²) in [5.41, 5.74) is 3.23. The number of aryl methyl sites for hydroxylation is 1. The number of aromatic nitrogens is 2. The van der Waals surface area contributed by atoms with Crippen molar-refractivity contribution in [2.24, 2.45) is 0 Å². The van der Waals surface area contributed by atoms with E-state index in [2.05, 4.69) is 27.5 Å². The van der Waals surface area contributed by atoms with Gasteiger partial charge in [0.15, 0.2) is 5.82 Å². The third-order valence-electron chi connectivity index (χ3n) is 7.04. The molecule has 9 nitrogen and oxygen atoms in total. The van der Waals surface area contributed by atoms with Gasteiger partial charge in [-0.25, -0.2) is 19.0 Å². The van der Waals surface area contributed by atoms with Crippen LogP contribution in [0.2, 0.25) is 0 Å². The third kappa shape index (κ3) is 5.66. The molecule has 1 aromatic carbocycles. The lowest BCUT2D eigenvalue weighted by atomic mass is 9.92. The number of ether oxygens (including phenoxy) is 3. The van der Waals surface area contributed by atoms with Crippen molar-refractivity contribution < 1.29 is 28.2 Å². The van der Waals surface area contributed by atoms with Crippen molar-refractivity contribution in [2.45, 2.75) is 71.5 Å². The zero-order valence-corrected chi connectivity index (χ0v) is 22.8. The minimum Gasteiger partial charge on any atom is -0.444 e. The largest absolute Gasteiger partial charge is 0.444 e. The molecule has 3 heterocycles. The summed E-state index contributed by atoms with van der Waals surface area (Å²) in [5, 5.41) is 6.13. The molecule has 0 spiro atoms. The summed E-state index contributed by atoms with van der Waals surface area (Å²) >= 11 is 0. The normalized spacial score (nSPS) is 18.6. The van der Waals surface area contributed by atoms with Gasteiger partial charge in [0.05, 0.1) is 18.9 Å². The third-order valence-corrected chi connectivity index (χ3v) is 7.04. The maximum atomic E-state index is 16.2. The van der Waals surface area contributed by atoms with E-state index in [-0.39, 0.29) is 23.2 Å². The van der Waals surface area contributed by atoms with E-state index in [1.165, 1.54) is 6.20 Å². The first-order valence-corrected chi connectivity index (χ1v) is 13.2. The maximum Gasteiger partial charge on any atom is 0.413 e. The first-order chi connectivity index (χ1) is 18.5. The van der Waals surface area contributed by atoms with Gasteiger partial charge in [-0.05, 0) is 75.1 Å². The summed E-state index contributed by atoms with van der Waals surface area (Å²) in [6.07, 6.45) is 3.87. The molecular weight excluding hydrogens is 503 g/mol. The predicted molar refractivity (Wildman–Crippen MR) is 146 cm³/mol. The molecule has 1 saturated heterocycles. The number of fused-ring (bicyclic) bond motifs is 2. The van der Waals surface area contributed by atoms with E-state index < -0.39 is 23.6 Å². The number of carbonyl (C=O) groups excluding carboxylic acids is 2. The lowest BCUT2D eigenvalue weighted by molar-refractivity contribution is 0.0635. The second kappa shape index (κ2) is 10.4. The molecule has 206 valence electrons. The minimum absolute atomic E-state index is 0.0607. The van der Waals surface area contributed by atoms with Gasteiger partial charge >= 0.3 is 12.2 Å². The van der Waals surface area contributed by atoms with Crippen LogP contribution in [0.15, 0.2) is 24.5 Å². The van der Waals surface area contributed by atoms with Crippen LogP contribution < -0.4 is 10.6 Å². The molecule has 2 atom stereocenters. The average molecular weight is 537 g/mol. The number of benzene rings is 1. The highest BCUT2D eigenvalue weighted by atomic mass is 19.1. The van der Waals surface area contributed by atoms with Crippen molar-refractivity contribution in [1.82, 2.24) is 9.97 Å². The highest BCUT2D eigenvalue weighted by Crippen LogP contribution is 2.41. The molecule has 1 aliphatic carbocycles. The highest BCUT2D eigenvalue weighted by Gasteiger charge is 2.27. The van der Waals surface area contributed by atoms with Crippen LogP contribution in [0.1, 0.15) is 63.3 Å². The smallest absolute Gasteiger partial charge is 0.413 e. The predicted octanol–water partition coefficient (Wildman–Crippen LogP) is 6.48. The minimum atomic E-state index is -0.790. The van der Waals surface area contributed by atoms with Crippen LogP contribution in [-0.4, -0.2) is 47.1 Å². The Bertz CT molecular complexity index is 1450. The Morgan fingerprint density at radius 3 is 2.59 bits per heavy atom. The summed E-state index contributed by atoms with van der Waals surface area (Å²) in [4.78, 5) is 34.0. The molecule has 1 fully saturated rings. The number of nitrogens with zero attached hydrogens (tertiary/aromatic N) is 2. The molecule has 5 rings (SSSR count).